The van der Waals surface area contributed by atoms with Crippen LogP contribution in [-0.4, -0.2) is 23.6 Å². The third kappa shape index (κ3) is 3.59. The summed E-state index contributed by atoms with van der Waals surface area (Å²) in [6.07, 6.45) is -9.47. The molecule has 2 aliphatic heterocycles. The van der Waals surface area contributed by atoms with Gasteiger partial charge in [0.2, 0.25) is 0 Å². The summed E-state index contributed by atoms with van der Waals surface area (Å²) in [7, 11) is 0. The lowest BCUT2D eigenvalue weighted by atomic mass is 9.85. The van der Waals surface area contributed by atoms with E-state index in [2.05, 4.69) is 0 Å². The molecule has 0 radical (unpaired) electrons. The SMILES string of the molecule is O=C1c2ccc3c4c(ccc(c24)C(=O)N1c1cccc(C(F)(F)F)c1)C(=O)N(c1cccc(C(F)(F)F)c1)C3=O. The molecule has 200 valence electrons. The highest BCUT2D eigenvalue weighted by molar-refractivity contribution is 6.42. The number of hydrogen-bond donors (Lipinski definition) is 0. The van der Waals surface area contributed by atoms with Crippen LogP contribution in [0.1, 0.15) is 52.6 Å². The molecule has 0 aromatic heterocycles. The number of anilines is 2. The molecule has 0 unspecified atom stereocenters. The van der Waals surface area contributed by atoms with Crippen LogP contribution in [0.25, 0.3) is 10.8 Å². The van der Waals surface area contributed by atoms with Crippen LogP contribution in [0.15, 0.2) is 72.8 Å². The summed E-state index contributed by atoms with van der Waals surface area (Å²) in [5, 5.41) is -0.0859. The summed E-state index contributed by atoms with van der Waals surface area (Å²) in [6.45, 7) is 0. The Labute approximate surface area is 220 Å². The molecule has 4 amide bonds. The van der Waals surface area contributed by atoms with E-state index in [4.69, 9.17) is 0 Å². The molecule has 2 aliphatic rings. The van der Waals surface area contributed by atoms with Gasteiger partial charge in [0, 0.05) is 33.0 Å². The molecular weight excluding hydrogens is 542 g/mol. The van der Waals surface area contributed by atoms with E-state index in [0.29, 0.717) is 21.9 Å². The summed E-state index contributed by atoms with van der Waals surface area (Å²) in [6, 6.07) is 12.1. The van der Waals surface area contributed by atoms with Crippen molar-refractivity contribution >= 4 is 45.8 Å². The van der Waals surface area contributed by atoms with Gasteiger partial charge in [0.1, 0.15) is 0 Å². The van der Waals surface area contributed by atoms with Crippen molar-refractivity contribution < 1.29 is 45.5 Å². The standard InChI is InChI=1S/C28H12F6N2O4/c29-27(30,31)13-3-1-5-15(11-13)35-23(37)17-7-9-19-22-20(10-8-18(21(17)22)24(35)38)26(40)36(25(19)39)16-6-2-4-14(12-16)28(32,33)34/h1-12H. The maximum Gasteiger partial charge on any atom is 0.416 e. The van der Waals surface area contributed by atoms with E-state index in [1.807, 2.05) is 0 Å². The van der Waals surface area contributed by atoms with Gasteiger partial charge in [-0.3, -0.25) is 19.2 Å². The van der Waals surface area contributed by atoms with Gasteiger partial charge >= 0.3 is 12.4 Å². The molecule has 2 heterocycles. The molecule has 6 nitrogen and oxygen atoms in total. The van der Waals surface area contributed by atoms with Gasteiger partial charge in [-0.15, -0.1) is 0 Å². The summed E-state index contributed by atoms with van der Waals surface area (Å²) < 4.78 is 79.7. The molecule has 4 aromatic rings. The van der Waals surface area contributed by atoms with Crippen LogP contribution in [0.3, 0.4) is 0 Å². The van der Waals surface area contributed by atoms with E-state index < -0.39 is 47.1 Å². The lowest BCUT2D eigenvalue weighted by Crippen LogP contribution is -2.43. The predicted octanol–water partition coefficient (Wildman–Crippen LogP) is 6.48. The van der Waals surface area contributed by atoms with Crippen LogP contribution in [-0.2, 0) is 12.4 Å². The van der Waals surface area contributed by atoms with Crippen LogP contribution in [0.2, 0.25) is 0 Å². The van der Waals surface area contributed by atoms with Crippen LogP contribution < -0.4 is 9.80 Å². The Hall–Kier alpha value is -5.00. The summed E-state index contributed by atoms with van der Waals surface area (Å²) in [5.41, 5.74) is -3.36. The van der Waals surface area contributed by atoms with E-state index >= 15 is 0 Å². The minimum atomic E-state index is -4.73. The molecule has 0 spiro atoms. The van der Waals surface area contributed by atoms with Gasteiger partial charge in [-0.1, -0.05) is 12.1 Å². The third-order valence-corrected chi connectivity index (χ3v) is 6.76. The number of amides is 4. The van der Waals surface area contributed by atoms with Crippen LogP contribution in [0.5, 0.6) is 0 Å². The van der Waals surface area contributed by atoms with Gasteiger partial charge in [-0.25, -0.2) is 9.80 Å². The third-order valence-electron chi connectivity index (χ3n) is 6.76. The maximum atomic E-state index is 13.4. The van der Waals surface area contributed by atoms with Gasteiger partial charge in [0.15, 0.2) is 0 Å². The van der Waals surface area contributed by atoms with Gasteiger partial charge in [0.05, 0.1) is 22.5 Å². The van der Waals surface area contributed by atoms with Gasteiger partial charge in [-0.05, 0) is 60.7 Å². The second-order valence-corrected chi connectivity index (χ2v) is 9.06. The zero-order valence-electron chi connectivity index (χ0n) is 19.7. The molecule has 0 bridgehead atoms. The number of hydrogen-bond acceptors (Lipinski definition) is 4. The largest absolute Gasteiger partial charge is 0.416 e. The number of imide groups is 2. The molecule has 4 aromatic carbocycles. The lowest BCUT2D eigenvalue weighted by molar-refractivity contribution is -0.138. The number of benzene rings is 4. The van der Waals surface area contributed by atoms with E-state index in [9.17, 15) is 45.5 Å². The number of carbonyl (C=O) groups is 4. The Bertz CT molecular complexity index is 1620. The first kappa shape index (κ1) is 25.3. The van der Waals surface area contributed by atoms with Crippen LogP contribution in [0.4, 0.5) is 37.7 Å². The second kappa shape index (κ2) is 8.25. The van der Waals surface area contributed by atoms with Gasteiger partial charge < -0.3 is 0 Å². The highest BCUT2D eigenvalue weighted by atomic mass is 19.4. The van der Waals surface area contributed by atoms with Crippen molar-refractivity contribution in [3.63, 3.8) is 0 Å². The fourth-order valence-corrected chi connectivity index (χ4v) is 4.99. The second-order valence-electron chi connectivity index (χ2n) is 9.06. The Balaban J connectivity index is 1.50. The van der Waals surface area contributed by atoms with E-state index in [-0.39, 0.29) is 44.4 Å². The molecule has 0 aliphatic carbocycles. The van der Waals surface area contributed by atoms with Crippen molar-refractivity contribution in [1.82, 2.24) is 0 Å². The molecular formula is C28H12F6N2O4. The quantitative estimate of drug-likeness (QED) is 0.210. The van der Waals surface area contributed by atoms with E-state index in [0.717, 1.165) is 24.3 Å². The molecule has 12 heteroatoms. The fraction of sp³-hybridized carbons (Fsp3) is 0.0714. The predicted molar refractivity (Wildman–Crippen MR) is 129 cm³/mol. The van der Waals surface area contributed by atoms with Crippen molar-refractivity contribution in [2.75, 3.05) is 9.80 Å². The summed E-state index contributed by atoms with van der Waals surface area (Å²) >= 11 is 0. The highest BCUT2D eigenvalue weighted by Gasteiger charge is 2.42. The van der Waals surface area contributed by atoms with Crippen LogP contribution >= 0.6 is 0 Å². The monoisotopic (exact) mass is 554 g/mol. The zero-order chi connectivity index (χ0) is 28.7. The normalized spacial score (nSPS) is 15.3. The number of nitrogens with zero attached hydrogens (tertiary/aromatic N) is 2. The lowest BCUT2D eigenvalue weighted by Gasteiger charge is -2.32. The first-order valence-electron chi connectivity index (χ1n) is 11.5. The minimum Gasteiger partial charge on any atom is -0.268 e. The van der Waals surface area contributed by atoms with Gasteiger partial charge in [0.25, 0.3) is 23.6 Å². The Kier molecular flexibility index (Phi) is 5.21. The molecule has 0 N–H and O–H groups in total. The highest BCUT2D eigenvalue weighted by Crippen LogP contribution is 2.41. The van der Waals surface area contributed by atoms with Crippen molar-refractivity contribution in [3.05, 3.63) is 106 Å². The molecule has 0 fully saturated rings. The number of carbonyl (C=O) groups excluding carboxylic acids is 4. The fourth-order valence-electron chi connectivity index (χ4n) is 4.99. The summed E-state index contributed by atoms with van der Waals surface area (Å²) in [5.74, 6) is -3.89. The molecule has 0 atom stereocenters. The van der Waals surface area contributed by atoms with E-state index in [1.165, 1.54) is 36.4 Å². The minimum absolute atomic E-state index is 0.0429. The smallest absolute Gasteiger partial charge is 0.268 e. The van der Waals surface area contributed by atoms with Crippen LogP contribution in [0, 0.1) is 0 Å². The number of alkyl halides is 6. The molecule has 0 saturated carbocycles. The maximum absolute atomic E-state index is 13.4. The Morgan fingerprint density at radius 3 is 1.02 bits per heavy atom. The number of halogens is 6. The Morgan fingerprint density at radius 1 is 0.450 bits per heavy atom. The average Bonchev–Trinajstić information content (AvgIpc) is 2.90. The first-order valence-corrected chi connectivity index (χ1v) is 11.5. The van der Waals surface area contributed by atoms with Crippen molar-refractivity contribution in [2.24, 2.45) is 0 Å². The molecule has 0 saturated heterocycles. The van der Waals surface area contributed by atoms with Crippen molar-refractivity contribution in [1.29, 1.82) is 0 Å². The summed E-state index contributed by atoms with van der Waals surface area (Å²) in [4.78, 5) is 54.8. The first-order chi connectivity index (χ1) is 18.8. The van der Waals surface area contributed by atoms with Crippen molar-refractivity contribution in [2.45, 2.75) is 12.4 Å². The van der Waals surface area contributed by atoms with Crippen molar-refractivity contribution in [3.8, 4) is 0 Å². The zero-order valence-corrected chi connectivity index (χ0v) is 19.7. The topological polar surface area (TPSA) is 74.8 Å². The molecule has 40 heavy (non-hydrogen) atoms. The van der Waals surface area contributed by atoms with E-state index in [1.54, 1.807) is 0 Å². The van der Waals surface area contributed by atoms with Gasteiger partial charge in [-0.2, -0.15) is 26.3 Å². The molecule has 6 rings (SSSR count). The number of rotatable bonds is 2. The average molecular weight is 554 g/mol. The Morgan fingerprint density at radius 2 is 0.750 bits per heavy atom.